The molecule has 0 radical (unpaired) electrons. The van der Waals surface area contributed by atoms with Crippen LogP contribution in [0.2, 0.25) is 0 Å². The average molecular weight is 510 g/mol. The van der Waals surface area contributed by atoms with Gasteiger partial charge in [0.05, 0.1) is 33.1 Å². The van der Waals surface area contributed by atoms with Gasteiger partial charge in [-0.1, -0.05) is 6.07 Å². The first-order valence-corrected chi connectivity index (χ1v) is 12.6. The third-order valence-electron chi connectivity index (χ3n) is 7.08. The Morgan fingerprint density at radius 2 is 1.73 bits per heavy atom. The molecule has 1 saturated heterocycles. The number of hydrogen-bond donors (Lipinski definition) is 2. The topological polar surface area (TPSA) is 106 Å². The minimum atomic E-state index is -0.551. The summed E-state index contributed by atoms with van der Waals surface area (Å²) in [6.45, 7) is 4.72. The fourth-order valence-corrected chi connectivity index (χ4v) is 5.33. The molecule has 2 aromatic carbocycles. The van der Waals surface area contributed by atoms with Crippen molar-refractivity contribution in [2.24, 2.45) is 0 Å². The van der Waals surface area contributed by atoms with E-state index in [4.69, 9.17) is 14.2 Å². The van der Waals surface area contributed by atoms with Gasteiger partial charge in [0.2, 0.25) is 23.0 Å². The number of hydrogen-bond acceptors (Lipinski definition) is 7. The van der Waals surface area contributed by atoms with Crippen molar-refractivity contribution in [3.63, 3.8) is 0 Å². The molecule has 1 aliphatic carbocycles. The van der Waals surface area contributed by atoms with E-state index in [1.54, 1.807) is 40.4 Å². The van der Waals surface area contributed by atoms with E-state index < -0.39 is 12.1 Å². The van der Waals surface area contributed by atoms with Gasteiger partial charge in [-0.05, 0) is 67.5 Å². The van der Waals surface area contributed by atoms with Crippen molar-refractivity contribution in [2.75, 3.05) is 39.7 Å². The quantitative estimate of drug-likeness (QED) is 0.590. The number of likely N-dealkylation sites (tertiary alicyclic amines) is 1. The SMILES string of the molecule is COc1cc2c(c(OC)c1OC)-c1ccc(N[C@H](C)C(=O)N3CCCC3)c(=O)cc1[C@H](NC(C)=O)CC2. The second-order valence-electron chi connectivity index (χ2n) is 9.49. The number of nitrogens with one attached hydrogen (secondary N) is 2. The summed E-state index contributed by atoms with van der Waals surface area (Å²) in [5, 5.41) is 6.13. The zero-order valence-corrected chi connectivity index (χ0v) is 22.1. The Kier molecular flexibility index (Phi) is 7.90. The van der Waals surface area contributed by atoms with E-state index in [2.05, 4.69) is 10.6 Å². The number of carbonyl (C=O) groups excluding carboxylic acids is 2. The maximum atomic E-state index is 13.4. The van der Waals surface area contributed by atoms with E-state index in [0.717, 1.165) is 42.6 Å². The molecule has 0 bridgehead atoms. The first-order chi connectivity index (χ1) is 17.8. The van der Waals surface area contributed by atoms with E-state index in [1.165, 1.54) is 6.92 Å². The normalized spacial score (nSPS) is 17.1. The molecule has 1 aliphatic heterocycles. The molecule has 1 heterocycles. The van der Waals surface area contributed by atoms with E-state index in [1.807, 2.05) is 17.0 Å². The number of ether oxygens (including phenoxy) is 3. The minimum Gasteiger partial charge on any atom is -0.493 e. The largest absolute Gasteiger partial charge is 0.493 e. The predicted molar refractivity (Wildman–Crippen MR) is 142 cm³/mol. The zero-order chi connectivity index (χ0) is 26.7. The lowest BCUT2D eigenvalue weighted by Crippen LogP contribution is -2.40. The first-order valence-electron chi connectivity index (χ1n) is 12.6. The van der Waals surface area contributed by atoms with E-state index in [-0.39, 0.29) is 17.2 Å². The number of carbonyl (C=O) groups is 2. The van der Waals surface area contributed by atoms with Crippen LogP contribution in [0, 0.1) is 0 Å². The molecule has 2 amide bonds. The highest BCUT2D eigenvalue weighted by molar-refractivity contribution is 5.86. The summed E-state index contributed by atoms with van der Waals surface area (Å²) in [4.78, 5) is 40.2. The van der Waals surface area contributed by atoms with Gasteiger partial charge in [0, 0.05) is 25.6 Å². The molecule has 0 saturated carbocycles. The summed E-state index contributed by atoms with van der Waals surface area (Å²) in [5.41, 5.74) is 3.21. The van der Waals surface area contributed by atoms with Crippen LogP contribution in [0.5, 0.6) is 17.2 Å². The predicted octanol–water partition coefficient (Wildman–Crippen LogP) is 3.29. The molecule has 9 nitrogen and oxygen atoms in total. The summed E-state index contributed by atoms with van der Waals surface area (Å²) in [5.74, 6) is 1.27. The second kappa shape index (κ2) is 11.1. The number of aryl methyl sites for hydroxylation is 1. The number of nitrogens with zero attached hydrogens (tertiary/aromatic N) is 1. The number of fused-ring (bicyclic) bond motifs is 3. The van der Waals surface area contributed by atoms with Crippen molar-refractivity contribution in [3.8, 4) is 28.4 Å². The van der Waals surface area contributed by atoms with Crippen LogP contribution in [0.3, 0.4) is 0 Å². The number of methoxy groups -OCH3 is 3. The van der Waals surface area contributed by atoms with Crippen LogP contribution in [0.25, 0.3) is 11.1 Å². The monoisotopic (exact) mass is 509 g/mol. The van der Waals surface area contributed by atoms with Crippen molar-refractivity contribution in [1.29, 1.82) is 0 Å². The molecular formula is C28H35N3O6. The maximum absolute atomic E-state index is 13.4. The second-order valence-corrected chi connectivity index (χ2v) is 9.49. The van der Waals surface area contributed by atoms with Crippen molar-refractivity contribution in [2.45, 2.75) is 51.6 Å². The van der Waals surface area contributed by atoms with Crippen molar-refractivity contribution >= 4 is 17.5 Å². The molecule has 2 aliphatic rings. The lowest BCUT2D eigenvalue weighted by Gasteiger charge is -2.21. The Morgan fingerprint density at radius 1 is 1.03 bits per heavy atom. The summed E-state index contributed by atoms with van der Waals surface area (Å²) in [6, 6.07) is 6.07. The van der Waals surface area contributed by atoms with Gasteiger partial charge in [-0.25, -0.2) is 0 Å². The van der Waals surface area contributed by atoms with E-state index >= 15 is 0 Å². The van der Waals surface area contributed by atoms with Crippen LogP contribution in [-0.2, 0) is 16.0 Å². The fraction of sp³-hybridized carbons (Fsp3) is 0.464. The third kappa shape index (κ3) is 5.21. The Hall–Kier alpha value is -3.75. The molecule has 9 heteroatoms. The van der Waals surface area contributed by atoms with Crippen molar-refractivity contribution in [1.82, 2.24) is 10.2 Å². The minimum absolute atomic E-state index is 0.0232. The summed E-state index contributed by atoms with van der Waals surface area (Å²) in [6.07, 6.45) is 3.20. The highest BCUT2D eigenvalue weighted by atomic mass is 16.5. The molecule has 4 rings (SSSR count). The summed E-state index contributed by atoms with van der Waals surface area (Å²) in [7, 11) is 4.68. The molecular weight excluding hydrogens is 474 g/mol. The third-order valence-corrected chi connectivity index (χ3v) is 7.08. The maximum Gasteiger partial charge on any atom is 0.244 e. The average Bonchev–Trinajstić information content (AvgIpc) is 3.33. The lowest BCUT2D eigenvalue weighted by atomic mass is 9.95. The first kappa shape index (κ1) is 26.3. The zero-order valence-electron chi connectivity index (χ0n) is 22.1. The van der Waals surface area contributed by atoms with Gasteiger partial charge in [-0.3, -0.25) is 14.4 Å². The number of anilines is 1. The standard InChI is InChI=1S/C28H35N3O6/c1-16(28(34)31-12-6-7-13-31)29-22-11-9-19-20(15-23(22)33)21(30-17(2)32)10-8-18-14-24(35-3)26(36-4)27(37-5)25(18)19/h9,11,14-16,21H,6-8,10,12-13H2,1-5H3,(H,29,33)(H,30,32)/t16-,21-/m1/s1. The molecule has 2 atom stereocenters. The van der Waals surface area contributed by atoms with Crippen LogP contribution < -0.4 is 30.3 Å². The molecule has 2 N–H and O–H groups in total. The van der Waals surface area contributed by atoms with Gasteiger partial charge in [-0.2, -0.15) is 0 Å². The van der Waals surface area contributed by atoms with Crippen molar-refractivity contribution < 1.29 is 23.8 Å². The number of benzene rings is 1. The van der Waals surface area contributed by atoms with Crippen LogP contribution in [-0.4, -0.2) is 57.2 Å². The van der Waals surface area contributed by atoms with Gasteiger partial charge in [0.25, 0.3) is 0 Å². The van der Waals surface area contributed by atoms with Gasteiger partial charge < -0.3 is 29.7 Å². The van der Waals surface area contributed by atoms with E-state index in [9.17, 15) is 14.4 Å². The lowest BCUT2D eigenvalue weighted by molar-refractivity contribution is -0.130. The number of rotatable bonds is 7. The van der Waals surface area contributed by atoms with Crippen LogP contribution in [0.1, 0.15) is 50.3 Å². The van der Waals surface area contributed by atoms with Crippen LogP contribution >= 0.6 is 0 Å². The smallest absolute Gasteiger partial charge is 0.244 e. The van der Waals surface area contributed by atoms with Crippen LogP contribution in [0.15, 0.2) is 29.1 Å². The van der Waals surface area contributed by atoms with Gasteiger partial charge in [0.15, 0.2) is 11.5 Å². The molecule has 0 spiro atoms. The van der Waals surface area contributed by atoms with Crippen molar-refractivity contribution in [3.05, 3.63) is 45.6 Å². The Morgan fingerprint density at radius 3 is 2.35 bits per heavy atom. The Bertz CT molecular complexity index is 1260. The van der Waals surface area contributed by atoms with Gasteiger partial charge in [0.1, 0.15) is 6.04 Å². The van der Waals surface area contributed by atoms with Crippen LogP contribution in [0.4, 0.5) is 5.69 Å². The Balaban J connectivity index is 1.87. The molecule has 0 aromatic heterocycles. The highest BCUT2D eigenvalue weighted by Crippen LogP contribution is 2.50. The Labute approximate surface area is 217 Å². The number of amides is 2. The molecule has 37 heavy (non-hydrogen) atoms. The molecule has 0 unspecified atom stereocenters. The molecule has 198 valence electrons. The molecule has 1 fully saturated rings. The highest BCUT2D eigenvalue weighted by Gasteiger charge is 2.30. The summed E-state index contributed by atoms with van der Waals surface area (Å²) >= 11 is 0. The van der Waals surface area contributed by atoms with E-state index in [0.29, 0.717) is 41.3 Å². The van der Waals surface area contributed by atoms with Gasteiger partial charge >= 0.3 is 0 Å². The molecule has 2 aromatic rings. The summed E-state index contributed by atoms with van der Waals surface area (Å²) < 4.78 is 17.0. The van der Waals surface area contributed by atoms with Gasteiger partial charge in [-0.15, -0.1) is 0 Å². The fourth-order valence-electron chi connectivity index (χ4n) is 5.33.